The number of rotatable bonds is 4. The Bertz CT molecular complexity index is 476. The first-order valence-corrected chi connectivity index (χ1v) is 6.76. The van der Waals surface area contributed by atoms with Gasteiger partial charge >= 0.3 is 0 Å². The number of phenolic OH excluding ortho intramolecular Hbond substituents is 1. The fraction of sp³-hybridized carbons (Fsp3) is 0.467. The summed E-state index contributed by atoms with van der Waals surface area (Å²) >= 11 is 0. The predicted octanol–water partition coefficient (Wildman–Crippen LogP) is 2.58. The summed E-state index contributed by atoms with van der Waals surface area (Å²) in [5.74, 6) is -1.79. The third-order valence-electron chi connectivity index (χ3n) is 3.54. The van der Waals surface area contributed by atoms with Gasteiger partial charge in [-0.25, -0.2) is 8.78 Å². The van der Waals surface area contributed by atoms with Gasteiger partial charge in [0, 0.05) is 49.9 Å². The second kappa shape index (κ2) is 6.33. The number of hydrogen-bond donors (Lipinski definition) is 2. The van der Waals surface area contributed by atoms with E-state index in [1.165, 1.54) is 0 Å². The van der Waals surface area contributed by atoms with Crippen LogP contribution < -0.4 is 5.32 Å². The lowest BCUT2D eigenvalue weighted by molar-refractivity contribution is 0.166. The molecule has 0 aliphatic carbocycles. The van der Waals surface area contributed by atoms with Gasteiger partial charge in [-0.15, -0.1) is 6.58 Å². The first kappa shape index (κ1) is 14.9. The third-order valence-corrected chi connectivity index (χ3v) is 3.54. The van der Waals surface area contributed by atoms with Crippen LogP contribution in [0.5, 0.6) is 5.75 Å². The van der Waals surface area contributed by atoms with Crippen molar-refractivity contribution in [2.45, 2.75) is 19.4 Å². The van der Waals surface area contributed by atoms with Gasteiger partial charge in [-0.2, -0.15) is 0 Å². The Labute approximate surface area is 117 Å². The van der Waals surface area contributed by atoms with Crippen LogP contribution in [0.3, 0.4) is 0 Å². The Balaban J connectivity index is 2.37. The summed E-state index contributed by atoms with van der Waals surface area (Å²) in [5.41, 5.74) is 1.06. The number of phenols is 1. The molecule has 0 radical (unpaired) electrons. The average Bonchev–Trinajstić information content (AvgIpc) is 2.37. The summed E-state index contributed by atoms with van der Waals surface area (Å²) < 4.78 is 27.2. The third kappa shape index (κ3) is 3.35. The van der Waals surface area contributed by atoms with Crippen molar-refractivity contribution in [1.82, 2.24) is 10.2 Å². The molecule has 1 saturated heterocycles. The number of halogens is 2. The standard InChI is InChI=1S/C15H20F2N2O/c1-10(2)7-13(19-5-3-18-4-6-19)15-12(17)8-11(16)9-14(15)20/h8-9,13,18,20H,1,3-7H2,2H3/t13-/m1/s1. The van der Waals surface area contributed by atoms with Crippen molar-refractivity contribution in [3.8, 4) is 5.75 Å². The fourth-order valence-corrected chi connectivity index (χ4v) is 2.64. The monoisotopic (exact) mass is 282 g/mol. The molecule has 1 aromatic carbocycles. The van der Waals surface area contributed by atoms with Crippen LogP contribution >= 0.6 is 0 Å². The van der Waals surface area contributed by atoms with Gasteiger partial charge in [0.05, 0.1) is 0 Å². The molecule has 1 atom stereocenters. The van der Waals surface area contributed by atoms with Crippen LogP contribution in [-0.4, -0.2) is 36.2 Å². The summed E-state index contributed by atoms with van der Waals surface area (Å²) in [4.78, 5) is 2.10. The second-order valence-electron chi connectivity index (χ2n) is 5.28. The smallest absolute Gasteiger partial charge is 0.134 e. The van der Waals surface area contributed by atoms with Crippen LogP contribution in [-0.2, 0) is 0 Å². The van der Waals surface area contributed by atoms with E-state index in [1.807, 2.05) is 6.92 Å². The fourth-order valence-electron chi connectivity index (χ4n) is 2.64. The van der Waals surface area contributed by atoms with Crippen LogP contribution in [0.25, 0.3) is 0 Å². The van der Waals surface area contributed by atoms with E-state index in [1.54, 1.807) is 0 Å². The average molecular weight is 282 g/mol. The van der Waals surface area contributed by atoms with Gasteiger partial charge in [0.1, 0.15) is 17.4 Å². The molecule has 2 N–H and O–H groups in total. The minimum absolute atomic E-state index is 0.163. The summed E-state index contributed by atoms with van der Waals surface area (Å²) in [7, 11) is 0. The number of hydrogen-bond acceptors (Lipinski definition) is 3. The number of benzene rings is 1. The van der Waals surface area contributed by atoms with Crippen molar-refractivity contribution < 1.29 is 13.9 Å². The lowest BCUT2D eigenvalue weighted by Gasteiger charge is -2.35. The number of aromatic hydroxyl groups is 1. The Hall–Kier alpha value is -1.46. The first-order chi connectivity index (χ1) is 9.49. The molecular formula is C15H20F2N2O. The molecule has 3 nitrogen and oxygen atoms in total. The molecule has 0 amide bonds. The van der Waals surface area contributed by atoms with E-state index in [0.29, 0.717) is 6.42 Å². The van der Waals surface area contributed by atoms with Gasteiger partial charge in [-0.1, -0.05) is 5.57 Å². The molecule has 2 rings (SSSR count). The summed E-state index contributed by atoms with van der Waals surface area (Å²) in [6.07, 6.45) is 0.538. The maximum Gasteiger partial charge on any atom is 0.134 e. The van der Waals surface area contributed by atoms with E-state index in [2.05, 4.69) is 16.8 Å². The predicted molar refractivity (Wildman–Crippen MR) is 74.6 cm³/mol. The van der Waals surface area contributed by atoms with Crippen LogP contribution in [0.15, 0.2) is 24.3 Å². The van der Waals surface area contributed by atoms with Crippen LogP contribution in [0.1, 0.15) is 24.9 Å². The molecule has 1 heterocycles. The minimum Gasteiger partial charge on any atom is -0.507 e. The number of nitrogens with one attached hydrogen (secondary N) is 1. The molecule has 20 heavy (non-hydrogen) atoms. The highest BCUT2D eigenvalue weighted by Crippen LogP contribution is 2.35. The summed E-state index contributed by atoms with van der Waals surface area (Å²) in [6, 6.07) is 1.48. The molecule has 0 unspecified atom stereocenters. The molecule has 1 aliphatic rings. The Morgan fingerprint density at radius 3 is 2.60 bits per heavy atom. The van der Waals surface area contributed by atoms with Crippen molar-refractivity contribution in [2.75, 3.05) is 26.2 Å². The molecule has 0 spiro atoms. The zero-order valence-corrected chi connectivity index (χ0v) is 11.6. The van der Waals surface area contributed by atoms with E-state index in [4.69, 9.17) is 0 Å². The zero-order valence-electron chi connectivity index (χ0n) is 11.6. The SMILES string of the molecule is C=C(C)C[C@H](c1c(O)cc(F)cc1F)N1CCNCC1. The van der Waals surface area contributed by atoms with Crippen molar-refractivity contribution in [3.05, 3.63) is 41.5 Å². The summed E-state index contributed by atoms with van der Waals surface area (Å²) in [6.45, 7) is 8.89. The van der Waals surface area contributed by atoms with E-state index in [-0.39, 0.29) is 17.4 Å². The lowest BCUT2D eigenvalue weighted by Crippen LogP contribution is -2.45. The van der Waals surface area contributed by atoms with Crippen molar-refractivity contribution >= 4 is 0 Å². The molecule has 0 saturated carbocycles. The highest BCUT2D eigenvalue weighted by molar-refractivity contribution is 5.37. The molecule has 5 heteroatoms. The van der Waals surface area contributed by atoms with Gasteiger partial charge in [0.2, 0.25) is 0 Å². The molecule has 0 aromatic heterocycles. The molecule has 1 aromatic rings. The van der Waals surface area contributed by atoms with E-state index in [0.717, 1.165) is 43.9 Å². The maximum absolute atomic E-state index is 14.1. The highest BCUT2D eigenvalue weighted by Gasteiger charge is 2.27. The molecule has 1 fully saturated rings. The first-order valence-electron chi connectivity index (χ1n) is 6.76. The van der Waals surface area contributed by atoms with E-state index >= 15 is 0 Å². The second-order valence-corrected chi connectivity index (χ2v) is 5.28. The molecule has 0 bridgehead atoms. The maximum atomic E-state index is 14.1. The van der Waals surface area contributed by atoms with E-state index in [9.17, 15) is 13.9 Å². The molecule has 1 aliphatic heterocycles. The quantitative estimate of drug-likeness (QED) is 0.833. The Kier molecular flexibility index (Phi) is 4.73. The van der Waals surface area contributed by atoms with Gasteiger partial charge in [-0.05, 0) is 13.3 Å². The minimum atomic E-state index is -0.766. The van der Waals surface area contributed by atoms with Crippen molar-refractivity contribution in [2.24, 2.45) is 0 Å². The van der Waals surface area contributed by atoms with Gasteiger partial charge in [0.15, 0.2) is 0 Å². The molecule has 110 valence electrons. The van der Waals surface area contributed by atoms with Gasteiger partial charge < -0.3 is 10.4 Å². The Morgan fingerprint density at radius 1 is 1.40 bits per heavy atom. The normalized spacial score (nSPS) is 17.9. The van der Waals surface area contributed by atoms with Crippen LogP contribution in [0, 0.1) is 11.6 Å². The van der Waals surface area contributed by atoms with Crippen LogP contribution in [0.2, 0.25) is 0 Å². The van der Waals surface area contributed by atoms with Crippen molar-refractivity contribution in [3.63, 3.8) is 0 Å². The highest BCUT2D eigenvalue weighted by atomic mass is 19.1. The Morgan fingerprint density at radius 2 is 2.05 bits per heavy atom. The summed E-state index contributed by atoms with van der Waals surface area (Å²) in [5, 5.41) is 13.2. The number of nitrogens with zero attached hydrogens (tertiary/aromatic N) is 1. The zero-order chi connectivity index (χ0) is 14.7. The number of piperazine rings is 1. The van der Waals surface area contributed by atoms with E-state index < -0.39 is 11.6 Å². The van der Waals surface area contributed by atoms with Crippen molar-refractivity contribution in [1.29, 1.82) is 0 Å². The largest absolute Gasteiger partial charge is 0.507 e. The van der Waals surface area contributed by atoms with Gasteiger partial charge in [0.25, 0.3) is 0 Å². The topological polar surface area (TPSA) is 35.5 Å². The molecular weight excluding hydrogens is 262 g/mol. The van der Waals surface area contributed by atoms with Gasteiger partial charge in [-0.3, -0.25) is 4.90 Å². The lowest BCUT2D eigenvalue weighted by atomic mass is 9.96. The van der Waals surface area contributed by atoms with Crippen LogP contribution in [0.4, 0.5) is 8.78 Å².